The number of amides is 1. The summed E-state index contributed by atoms with van der Waals surface area (Å²) in [4.78, 5) is 13.2. The second kappa shape index (κ2) is 7.17. The molecule has 6 heteroatoms. The number of aliphatic hydroxyl groups is 1. The van der Waals surface area contributed by atoms with Crippen molar-refractivity contribution in [3.63, 3.8) is 0 Å². The first-order valence-corrected chi connectivity index (χ1v) is 8.44. The average Bonchev–Trinajstić information content (AvgIpc) is 3.05. The van der Waals surface area contributed by atoms with Crippen molar-refractivity contribution in [1.82, 2.24) is 5.01 Å². The highest BCUT2D eigenvalue weighted by molar-refractivity contribution is 6.00. The molecule has 136 valence electrons. The van der Waals surface area contributed by atoms with Crippen molar-refractivity contribution in [2.75, 3.05) is 14.2 Å². The fourth-order valence-corrected chi connectivity index (χ4v) is 3.05. The van der Waals surface area contributed by atoms with Crippen LogP contribution >= 0.6 is 0 Å². The van der Waals surface area contributed by atoms with Gasteiger partial charge in [-0.2, -0.15) is 10.1 Å². The Bertz CT molecular complexity index is 832. The number of hydrogen-bond acceptors (Lipinski definition) is 5. The molecule has 1 amide bonds. The van der Waals surface area contributed by atoms with Crippen LogP contribution in [0.4, 0.5) is 0 Å². The van der Waals surface area contributed by atoms with E-state index < -0.39 is 11.6 Å². The first-order valence-electron chi connectivity index (χ1n) is 8.44. The SMILES string of the molecule is CCC1=NN(C(=O)c2ccccc2OC)C(O)(c2ccc(OC)cc2)C1. The molecule has 26 heavy (non-hydrogen) atoms. The Hall–Kier alpha value is -2.86. The van der Waals surface area contributed by atoms with Gasteiger partial charge in [-0.25, -0.2) is 0 Å². The average molecular weight is 354 g/mol. The van der Waals surface area contributed by atoms with E-state index in [4.69, 9.17) is 9.47 Å². The van der Waals surface area contributed by atoms with Crippen molar-refractivity contribution in [2.45, 2.75) is 25.5 Å². The second-order valence-electron chi connectivity index (χ2n) is 6.06. The Kier molecular flexibility index (Phi) is 4.95. The van der Waals surface area contributed by atoms with Crippen LogP contribution in [-0.2, 0) is 5.72 Å². The molecule has 0 saturated heterocycles. The number of hydrogen-bond donors (Lipinski definition) is 1. The van der Waals surface area contributed by atoms with Gasteiger partial charge in [0.15, 0.2) is 5.72 Å². The minimum atomic E-state index is -1.55. The van der Waals surface area contributed by atoms with Gasteiger partial charge in [0, 0.05) is 17.7 Å². The molecule has 1 aliphatic rings. The first kappa shape index (κ1) is 17.9. The number of carbonyl (C=O) groups excluding carboxylic acids is 1. The molecule has 6 nitrogen and oxygen atoms in total. The summed E-state index contributed by atoms with van der Waals surface area (Å²) in [5.41, 5.74) is 0.138. The number of methoxy groups -OCH3 is 2. The summed E-state index contributed by atoms with van der Waals surface area (Å²) in [6.07, 6.45) is 0.908. The van der Waals surface area contributed by atoms with Crippen molar-refractivity contribution < 1.29 is 19.4 Å². The molecule has 1 aliphatic heterocycles. The van der Waals surface area contributed by atoms with Gasteiger partial charge >= 0.3 is 0 Å². The molecular formula is C20H22N2O4. The molecule has 1 N–H and O–H groups in total. The third-order valence-electron chi connectivity index (χ3n) is 4.53. The van der Waals surface area contributed by atoms with Gasteiger partial charge in [0.2, 0.25) is 0 Å². The Morgan fingerprint density at radius 1 is 1.15 bits per heavy atom. The minimum Gasteiger partial charge on any atom is -0.497 e. The maximum Gasteiger partial charge on any atom is 0.280 e. The van der Waals surface area contributed by atoms with Gasteiger partial charge in [0.25, 0.3) is 5.91 Å². The van der Waals surface area contributed by atoms with Crippen LogP contribution in [0.2, 0.25) is 0 Å². The van der Waals surface area contributed by atoms with E-state index in [-0.39, 0.29) is 6.42 Å². The maximum absolute atomic E-state index is 13.2. The van der Waals surface area contributed by atoms with Crippen molar-refractivity contribution in [1.29, 1.82) is 0 Å². The summed E-state index contributed by atoms with van der Waals surface area (Å²) in [6.45, 7) is 1.95. The summed E-state index contributed by atoms with van der Waals surface area (Å²) in [7, 11) is 3.08. The normalized spacial score (nSPS) is 19.2. The highest BCUT2D eigenvalue weighted by atomic mass is 16.5. The van der Waals surface area contributed by atoms with Gasteiger partial charge in [0.1, 0.15) is 11.5 Å². The molecule has 1 heterocycles. The molecule has 1 atom stereocenters. The van der Waals surface area contributed by atoms with E-state index in [0.29, 0.717) is 29.0 Å². The summed E-state index contributed by atoms with van der Waals surface area (Å²) in [6, 6.07) is 13.9. The van der Waals surface area contributed by atoms with E-state index in [9.17, 15) is 9.90 Å². The summed E-state index contributed by atoms with van der Waals surface area (Å²) in [5, 5.41) is 16.9. The second-order valence-corrected chi connectivity index (χ2v) is 6.06. The van der Waals surface area contributed by atoms with Crippen LogP contribution in [0.1, 0.15) is 35.7 Å². The van der Waals surface area contributed by atoms with Crippen molar-refractivity contribution >= 4 is 11.6 Å². The predicted octanol–water partition coefficient (Wildman–Crippen LogP) is 3.16. The number of hydrazone groups is 1. The van der Waals surface area contributed by atoms with Gasteiger partial charge in [-0.1, -0.05) is 31.2 Å². The van der Waals surface area contributed by atoms with Crippen LogP contribution in [0.3, 0.4) is 0 Å². The molecule has 0 aliphatic carbocycles. The van der Waals surface area contributed by atoms with Gasteiger partial charge in [0.05, 0.1) is 19.8 Å². The van der Waals surface area contributed by atoms with Crippen LogP contribution in [0.5, 0.6) is 11.5 Å². The number of rotatable bonds is 5. The molecule has 0 bridgehead atoms. The highest BCUT2D eigenvalue weighted by Gasteiger charge is 2.46. The highest BCUT2D eigenvalue weighted by Crippen LogP contribution is 2.38. The maximum atomic E-state index is 13.2. The van der Waals surface area contributed by atoms with Crippen LogP contribution in [-0.4, -0.2) is 36.0 Å². The van der Waals surface area contributed by atoms with Crippen LogP contribution in [0, 0.1) is 0 Å². The fraction of sp³-hybridized carbons (Fsp3) is 0.300. The third-order valence-corrected chi connectivity index (χ3v) is 4.53. The van der Waals surface area contributed by atoms with E-state index in [1.54, 1.807) is 55.6 Å². The molecule has 2 aromatic rings. The topological polar surface area (TPSA) is 71.4 Å². The molecule has 0 saturated carbocycles. The number of carbonyl (C=O) groups is 1. The van der Waals surface area contributed by atoms with Crippen molar-refractivity contribution in [3.05, 3.63) is 59.7 Å². The van der Waals surface area contributed by atoms with E-state index in [2.05, 4.69) is 5.10 Å². The number of ether oxygens (including phenoxy) is 2. The van der Waals surface area contributed by atoms with Crippen LogP contribution in [0.25, 0.3) is 0 Å². The van der Waals surface area contributed by atoms with Gasteiger partial charge in [-0.15, -0.1) is 0 Å². The predicted molar refractivity (Wildman–Crippen MR) is 98.4 cm³/mol. The standard InChI is InChI=1S/C20H22N2O4/c1-4-15-13-20(24,14-9-11-16(25-2)12-10-14)22(21-15)19(23)17-7-5-6-8-18(17)26-3/h5-12,24H,4,13H2,1-3H3. The molecular weight excluding hydrogens is 332 g/mol. The molecule has 3 rings (SSSR count). The fourth-order valence-electron chi connectivity index (χ4n) is 3.05. The van der Waals surface area contributed by atoms with Crippen LogP contribution < -0.4 is 9.47 Å². The van der Waals surface area contributed by atoms with Gasteiger partial charge in [-0.3, -0.25) is 4.79 Å². The minimum absolute atomic E-state index is 0.261. The number of para-hydroxylation sites is 1. The Labute approximate surface area is 152 Å². The van der Waals surface area contributed by atoms with E-state index in [1.165, 1.54) is 7.11 Å². The number of nitrogens with zero attached hydrogens (tertiary/aromatic N) is 2. The summed E-state index contributed by atoms with van der Waals surface area (Å²) in [5.74, 6) is 0.702. The van der Waals surface area contributed by atoms with E-state index >= 15 is 0 Å². The third kappa shape index (κ3) is 3.04. The Morgan fingerprint density at radius 2 is 1.85 bits per heavy atom. The lowest BCUT2D eigenvalue weighted by atomic mass is 9.96. The molecule has 0 spiro atoms. The largest absolute Gasteiger partial charge is 0.497 e. The quantitative estimate of drug-likeness (QED) is 0.895. The monoisotopic (exact) mass is 354 g/mol. The van der Waals surface area contributed by atoms with Crippen molar-refractivity contribution in [2.24, 2.45) is 5.10 Å². The smallest absolute Gasteiger partial charge is 0.280 e. The Balaban J connectivity index is 2.03. The zero-order valence-corrected chi connectivity index (χ0v) is 15.1. The molecule has 1 unspecified atom stereocenters. The number of benzene rings is 2. The molecule has 0 fully saturated rings. The zero-order valence-electron chi connectivity index (χ0n) is 15.1. The lowest BCUT2D eigenvalue weighted by molar-refractivity contribution is -0.0766. The van der Waals surface area contributed by atoms with Gasteiger partial charge < -0.3 is 14.6 Å². The molecule has 2 aromatic carbocycles. The first-order chi connectivity index (χ1) is 12.5. The van der Waals surface area contributed by atoms with Gasteiger partial charge in [-0.05, 0) is 30.7 Å². The van der Waals surface area contributed by atoms with E-state index in [1.807, 2.05) is 6.92 Å². The lowest BCUT2D eigenvalue weighted by Crippen LogP contribution is -2.43. The summed E-state index contributed by atoms with van der Waals surface area (Å²) >= 11 is 0. The van der Waals surface area contributed by atoms with Crippen molar-refractivity contribution in [3.8, 4) is 11.5 Å². The zero-order chi connectivity index (χ0) is 18.7. The molecule has 0 aromatic heterocycles. The summed E-state index contributed by atoms with van der Waals surface area (Å²) < 4.78 is 10.5. The van der Waals surface area contributed by atoms with E-state index in [0.717, 1.165) is 10.7 Å². The Morgan fingerprint density at radius 3 is 2.46 bits per heavy atom. The lowest BCUT2D eigenvalue weighted by Gasteiger charge is -2.32. The van der Waals surface area contributed by atoms with Crippen LogP contribution in [0.15, 0.2) is 53.6 Å². The molecule has 0 radical (unpaired) electrons.